The van der Waals surface area contributed by atoms with Gasteiger partial charge >= 0.3 is 5.97 Å². The second-order valence-electron chi connectivity index (χ2n) is 5.76. The minimum absolute atomic E-state index is 0.112. The zero-order chi connectivity index (χ0) is 14.0. The quantitative estimate of drug-likeness (QED) is 0.874. The van der Waals surface area contributed by atoms with Gasteiger partial charge in [0.25, 0.3) is 0 Å². The number of nitrogens with one attached hydrogen (secondary N) is 1. The van der Waals surface area contributed by atoms with Crippen LogP contribution in [0.5, 0.6) is 0 Å². The molecule has 0 aromatic heterocycles. The summed E-state index contributed by atoms with van der Waals surface area (Å²) in [6, 6.07) is 4.09. The first-order valence-corrected chi connectivity index (χ1v) is 6.75. The lowest BCUT2D eigenvalue weighted by atomic mass is 9.80. The number of hydrogen-bond donors (Lipinski definition) is 2. The Morgan fingerprint density at radius 3 is 2.47 bits per heavy atom. The summed E-state index contributed by atoms with van der Waals surface area (Å²) in [7, 11) is 0. The van der Waals surface area contributed by atoms with Gasteiger partial charge in [0.05, 0.1) is 11.3 Å². The normalized spacial score (nSPS) is 27.0. The molecule has 1 saturated carbocycles. The zero-order valence-corrected chi connectivity index (χ0v) is 11.3. The molecule has 0 amide bonds. The van der Waals surface area contributed by atoms with Crippen molar-refractivity contribution in [3.05, 3.63) is 29.6 Å². The van der Waals surface area contributed by atoms with Crippen LogP contribution in [-0.2, 0) is 0 Å². The molecule has 0 heterocycles. The summed E-state index contributed by atoms with van der Waals surface area (Å²) in [4.78, 5) is 10.9. The van der Waals surface area contributed by atoms with Crippen molar-refractivity contribution in [1.82, 2.24) is 0 Å². The molecule has 0 aliphatic heterocycles. The summed E-state index contributed by atoms with van der Waals surface area (Å²) in [5.41, 5.74) is 0.409. The van der Waals surface area contributed by atoms with Crippen molar-refractivity contribution < 1.29 is 14.3 Å². The standard InChI is InChI=1S/C15H20FNO2/c1-9-5-10(2)7-12(6-9)17-14-8-11(15(18)19)3-4-13(14)16/h3-4,8-10,12,17H,5-7H2,1-2H3,(H,18,19). The van der Waals surface area contributed by atoms with Gasteiger partial charge in [-0.3, -0.25) is 0 Å². The number of carboxylic acid groups (broad SMARTS) is 1. The Balaban J connectivity index is 2.13. The van der Waals surface area contributed by atoms with Crippen LogP contribution in [0.2, 0.25) is 0 Å². The molecule has 2 atom stereocenters. The zero-order valence-electron chi connectivity index (χ0n) is 11.3. The molecule has 0 spiro atoms. The highest BCUT2D eigenvalue weighted by Crippen LogP contribution is 2.31. The van der Waals surface area contributed by atoms with E-state index < -0.39 is 11.8 Å². The fourth-order valence-corrected chi connectivity index (χ4v) is 3.05. The molecule has 1 aromatic rings. The summed E-state index contributed by atoms with van der Waals surface area (Å²) in [6.45, 7) is 4.41. The molecule has 1 aliphatic rings. The van der Waals surface area contributed by atoms with Crippen molar-refractivity contribution in [2.75, 3.05) is 5.32 Å². The van der Waals surface area contributed by atoms with Gasteiger partial charge < -0.3 is 10.4 Å². The lowest BCUT2D eigenvalue weighted by molar-refractivity contribution is 0.0697. The lowest BCUT2D eigenvalue weighted by Crippen LogP contribution is -2.30. The van der Waals surface area contributed by atoms with Gasteiger partial charge in [0, 0.05) is 6.04 Å². The number of rotatable bonds is 3. The Kier molecular flexibility index (Phi) is 4.08. The minimum Gasteiger partial charge on any atom is -0.478 e. The van der Waals surface area contributed by atoms with Crippen LogP contribution in [0.3, 0.4) is 0 Å². The van der Waals surface area contributed by atoms with E-state index in [1.807, 2.05) is 0 Å². The van der Waals surface area contributed by atoms with E-state index in [9.17, 15) is 9.18 Å². The van der Waals surface area contributed by atoms with Crippen molar-refractivity contribution >= 4 is 11.7 Å². The fraction of sp³-hybridized carbons (Fsp3) is 0.533. The first-order chi connectivity index (χ1) is 8.95. The molecular formula is C15H20FNO2. The molecule has 4 heteroatoms. The maximum Gasteiger partial charge on any atom is 0.335 e. The number of halogens is 1. The molecule has 2 unspecified atom stereocenters. The number of carboxylic acids is 1. The number of benzene rings is 1. The monoisotopic (exact) mass is 265 g/mol. The predicted octanol–water partition coefficient (Wildman–Crippen LogP) is 3.76. The Labute approximate surface area is 112 Å². The van der Waals surface area contributed by atoms with Gasteiger partial charge in [0.2, 0.25) is 0 Å². The third-order valence-electron chi connectivity index (χ3n) is 3.75. The third-order valence-corrected chi connectivity index (χ3v) is 3.75. The largest absolute Gasteiger partial charge is 0.478 e. The van der Waals surface area contributed by atoms with Crippen LogP contribution in [0.4, 0.5) is 10.1 Å². The molecule has 104 valence electrons. The van der Waals surface area contributed by atoms with E-state index in [1.54, 1.807) is 0 Å². The average Bonchev–Trinajstić information content (AvgIpc) is 2.30. The van der Waals surface area contributed by atoms with Gasteiger partial charge in [-0.2, -0.15) is 0 Å². The van der Waals surface area contributed by atoms with Gasteiger partial charge in [-0.1, -0.05) is 13.8 Å². The summed E-state index contributed by atoms with van der Waals surface area (Å²) in [6.07, 6.45) is 3.21. The second-order valence-corrected chi connectivity index (χ2v) is 5.76. The van der Waals surface area contributed by atoms with E-state index >= 15 is 0 Å². The Morgan fingerprint density at radius 1 is 1.26 bits per heavy atom. The van der Waals surface area contributed by atoms with Crippen molar-refractivity contribution in [1.29, 1.82) is 0 Å². The molecule has 3 nitrogen and oxygen atoms in total. The number of carbonyl (C=O) groups is 1. The van der Waals surface area contributed by atoms with Crippen LogP contribution in [0.25, 0.3) is 0 Å². The topological polar surface area (TPSA) is 49.3 Å². The molecule has 2 rings (SSSR count). The van der Waals surface area contributed by atoms with Gasteiger partial charge in [-0.25, -0.2) is 9.18 Å². The van der Waals surface area contributed by atoms with Gasteiger partial charge in [-0.05, 0) is 49.3 Å². The first-order valence-electron chi connectivity index (χ1n) is 6.75. The molecule has 0 radical (unpaired) electrons. The average molecular weight is 265 g/mol. The highest BCUT2D eigenvalue weighted by Gasteiger charge is 2.24. The highest BCUT2D eigenvalue weighted by molar-refractivity contribution is 5.88. The molecule has 1 fully saturated rings. The van der Waals surface area contributed by atoms with E-state index in [4.69, 9.17) is 5.11 Å². The molecule has 1 aliphatic carbocycles. The summed E-state index contributed by atoms with van der Waals surface area (Å²) in [5.74, 6) is -0.191. The van der Waals surface area contributed by atoms with Crippen molar-refractivity contribution in [2.45, 2.75) is 39.2 Å². The van der Waals surface area contributed by atoms with E-state index in [0.717, 1.165) is 12.8 Å². The lowest BCUT2D eigenvalue weighted by Gasteiger charge is -2.32. The molecule has 2 N–H and O–H groups in total. The SMILES string of the molecule is CC1CC(C)CC(Nc2cc(C(=O)O)ccc2F)C1. The second kappa shape index (κ2) is 5.59. The maximum absolute atomic E-state index is 13.7. The summed E-state index contributed by atoms with van der Waals surface area (Å²) in [5, 5.41) is 12.1. The van der Waals surface area contributed by atoms with Crippen LogP contribution in [-0.4, -0.2) is 17.1 Å². The highest BCUT2D eigenvalue weighted by atomic mass is 19.1. The van der Waals surface area contributed by atoms with Crippen LogP contribution in [0.1, 0.15) is 43.5 Å². The number of aromatic carboxylic acids is 1. The van der Waals surface area contributed by atoms with Crippen molar-refractivity contribution in [2.24, 2.45) is 11.8 Å². The Hall–Kier alpha value is -1.58. The smallest absolute Gasteiger partial charge is 0.335 e. The van der Waals surface area contributed by atoms with Crippen molar-refractivity contribution in [3.63, 3.8) is 0 Å². The minimum atomic E-state index is -1.03. The molecule has 19 heavy (non-hydrogen) atoms. The molecule has 0 bridgehead atoms. The van der Waals surface area contributed by atoms with Crippen LogP contribution < -0.4 is 5.32 Å². The Bertz CT molecular complexity index is 465. The first kappa shape index (κ1) is 13.8. The summed E-state index contributed by atoms with van der Waals surface area (Å²) < 4.78 is 13.7. The Morgan fingerprint density at radius 2 is 1.89 bits per heavy atom. The maximum atomic E-state index is 13.7. The van der Waals surface area contributed by atoms with Gasteiger partial charge in [-0.15, -0.1) is 0 Å². The molecule has 1 aromatic carbocycles. The fourth-order valence-electron chi connectivity index (χ4n) is 3.05. The van der Waals surface area contributed by atoms with E-state index in [2.05, 4.69) is 19.2 Å². The van der Waals surface area contributed by atoms with E-state index in [0.29, 0.717) is 17.5 Å². The third kappa shape index (κ3) is 3.46. The molecule has 0 saturated heterocycles. The summed E-state index contributed by atoms with van der Waals surface area (Å²) >= 11 is 0. The van der Waals surface area contributed by atoms with Gasteiger partial charge in [0.15, 0.2) is 0 Å². The van der Waals surface area contributed by atoms with Gasteiger partial charge in [0.1, 0.15) is 5.82 Å². The van der Waals surface area contributed by atoms with Crippen LogP contribution >= 0.6 is 0 Å². The number of hydrogen-bond acceptors (Lipinski definition) is 2. The van der Waals surface area contributed by atoms with E-state index in [-0.39, 0.29) is 11.6 Å². The van der Waals surface area contributed by atoms with Crippen molar-refractivity contribution in [3.8, 4) is 0 Å². The van der Waals surface area contributed by atoms with Crippen LogP contribution in [0.15, 0.2) is 18.2 Å². The number of anilines is 1. The molecular weight excluding hydrogens is 245 g/mol. The van der Waals surface area contributed by atoms with E-state index in [1.165, 1.54) is 24.6 Å². The predicted molar refractivity (Wildman–Crippen MR) is 72.9 cm³/mol. The van der Waals surface area contributed by atoms with Crippen LogP contribution in [0, 0.1) is 17.7 Å².